The number of aromatic amines is 1. The molecule has 0 bridgehead atoms. The maximum atomic E-state index is 15.3. The SMILES string of the molecule is CC#C/C=C\C#C[C@H](OC1OC(C)C(SC)(C(=O)c2nccc3c2[nH]c2ccc(C(F)(F)F)cc23)C(O)C1OC1CC(OC)C(NC(C)C)CO1)C1=C(NC(=O)OC)C(=O)C[C@H](O)/C1=C/CSC(C)=O. The minimum atomic E-state index is -4.64. The van der Waals surface area contributed by atoms with E-state index >= 15 is 4.79 Å². The van der Waals surface area contributed by atoms with Gasteiger partial charge in [-0.25, -0.2) is 4.79 Å². The first-order valence-electron chi connectivity index (χ1n) is 22.1. The van der Waals surface area contributed by atoms with Gasteiger partial charge in [0.2, 0.25) is 5.78 Å². The zero-order chi connectivity index (χ0) is 51.1. The van der Waals surface area contributed by atoms with Crippen LogP contribution in [0.5, 0.6) is 0 Å². The van der Waals surface area contributed by atoms with Crippen molar-refractivity contribution in [1.82, 2.24) is 20.6 Å². The summed E-state index contributed by atoms with van der Waals surface area (Å²) in [7, 11) is 2.62. The van der Waals surface area contributed by atoms with Crippen molar-refractivity contribution in [3.63, 3.8) is 0 Å². The number of aromatic nitrogens is 2. The van der Waals surface area contributed by atoms with E-state index in [-0.39, 0.29) is 74.8 Å². The predicted octanol–water partition coefficient (Wildman–Crippen LogP) is 5.76. The van der Waals surface area contributed by atoms with Gasteiger partial charge in [-0.1, -0.05) is 49.4 Å². The lowest BCUT2D eigenvalue weighted by molar-refractivity contribution is -0.323. The smallest absolute Gasteiger partial charge is 0.416 e. The van der Waals surface area contributed by atoms with E-state index < -0.39 is 89.8 Å². The third kappa shape index (κ3) is 11.8. The number of fused-ring (bicyclic) bond motifs is 3. The minimum Gasteiger partial charge on any atom is -0.453 e. The predicted molar refractivity (Wildman–Crippen MR) is 256 cm³/mol. The molecule has 1 aromatic carbocycles. The molecule has 2 saturated heterocycles. The molecule has 2 aliphatic heterocycles. The molecule has 0 spiro atoms. The van der Waals surface area contributed by atoms with Crippen molar-refractivity contribution >= 4 is 68.1 Å². The maximum Gasteiger partial charge on any atom is 0.416 e. The van der Waals surface area contributed by atoms with Gasteiger partial charge in [0.1, 0.15) is 28.8 Å². The van der Waals surface area contributed by atoms with Gasteiger partial charge in [0.15, 0.2) is 23.5 Å². The number of alkyl halides is 3. The number of H-pyrrole nitrogens is 1. The molecular formula is C49H55F3N4O12S2. The highest BCUT2D eigenvalue weighted by Gasteiger charge is 2.61. The number of benzene rings is 1. The first-order valence-corrected chi connectivity index (χ1v) is 24.3. The molecule has 2 fully saturated rings. The van der Waals surface area contributed by atoms with Gasteiger partial charge in [-0.3, -0.25) is 24.7 Å². The van der Waals surface area contributed by atoms with Crippen LogP contribution in [0.4, 0.5) is 18.0 Å². The van der Waals surface area contributed by atoms with Crippen molar-refractivity contribution in [2.75, 3.05) is 32.8 Å². The number of ether oxygens (including phenoxy) is 6. The van der Waals surface area contributed by atoms with Crippen LogP contribution in [0.3, 0.4) is 0 Å². The number of methoxy groups -OCH3 is 2. The molecule has 3 aromatic rings. The van der Waals surface area contributed by atoms with Gasteiger partial charge in [-0.15, -0.1) is 17.7 Å². The summed E-state index contributed by atoms with van der Waals surface area (Å²) in [5.74, 6) is 9.76. The van der Waals surface area contributed by atoms with Crippen molar-refractivity contribution < 1.29 is 71.0 Å². The number of hydrogen-bond acceptors (Lipinski definition) is 16. The summed E-state index contributed by atoms with van der Waals surface area (Å²) in [6.07, 6.45) is -9.92. The molecule has 0 radical (unpaired) electrons. The van der Waals surface area contributed by atoms with Crippen LogP contribution in [-0.4, -0.2) is 142 Å². The number of hydrogen-bond donors (Lipinski definition) is 5. The molecule has 3 aliphatic rings. The number of rotatable bonds is 14. The molecule has 0 saturated carbocycles. The largest absolute Gasteiger partial charge is 0.453 e. The van der Waals surface area contributed by atoms with E-state index in [1.165, 1.54) is 57.5 Å². The molecule has 2 aromatic heterocycles. The number of nitrogens with zero attached hydrogens (tertiary/aromatic N) is 1. The van der Waals surface area contributed by atoms with Crippen molar-refractivity contribution in [2.45, 2.75) is 120 Å². The highest BCUT2D eigenvalue weighted by Crippen LogP contribution is 2.46. The monoisotopic (exact) mass is 1010 g/mol. The van der Waals surface area contributed by atoms with E-state index in [0.717, 1.165) is 42.8 Å². The Labute approximate surface area is 411 Å². The van der Waals surface area contributed by atoms with Gasteiger partial charge in [-0.05, 0) is 62.1 Å². The van der Waals surface area contributed by atoms with E-state index in [2.05, 4.69) is 44.3 Å². The summed E-state index contributed by atoms with van der Waals surface area (Å²) >= 11 is 1.84. The number of aliphatic hydroxyl groups is 2. The number of carbonyl (C=O) groups excluding carboxylic acids is 4. The molecule has 4 heterocycles. The lowest BCUT2D eigenvalue weighted by atomic mass is 9.82. The normalized spacial score (nSPS) is 27.3. The molecular weight excluding hydrogens is 958 g/mol. The molecule has 1 aliphatic carbocycles. The Bertz CT molecular complexity index is 2680. The van der Waals surface area contributed by atoms with Gasteiger partial charge in [0, 0.05) is 66.7 Å². The number of amides is 1. The zero-order valence-electron chi connectivity index (χ0n) is 39.6. The number of thioether (sulfide) groups is 2. The number of halogens is 3. The van der Waals surface area contributed by atoms with Crippen LogP contribution in [0.25, 0.3) is 21.8 Å². The first-order chi connectivity index (χ1) is 33.3. The van der Waals surface area contributed by atoms with Crippen LogP contribution in [-0.2, 0) is 44.2 Å². The number of nitrogens with one attached hydrogen (secondary N) is 3. The second-order valence-electron chi connectivity index (χ2n) is 16.7. The molecule has 21 heteroatoms. The average molecular weight is 1010 g/mol. The summed E-state index contributed by atoms with van der Waals surface area (Å²) in [6, 6.07) is 4.45. The minimum absolute atomic E-state index is 0.0316. The molecule has 376 valence electrons. The molecule has 16 nitrogen and oxygen atoms in total. The Hall–Kier alpha value is -5.04. The van der Waals surface area contributed by atoms with E-state index in [9.17, 15) is 37.8 Å². The number of allylic oxidation sites excluding steroid dienone is 3. The molecule has 1 amide bonds. The Morgan fingerprint density at radius 3 is 2.53 bits per heavy atom. The van der Waals surface area contributed by atoms with Crippen molar-refractivity contribution in [2.24, 2.45) is 0 Å². The summed E-state index contributed by atoms with van der Waals surface area (Å²) in [5, 5.41) is 30.5. The lowest BCUT2D eigenvalue weighted by Crippen LogP contribution is -2.68. The van der Waals surface area contributed by atoms with E-state index in [1.807, 2.05) is 13.8 Å². The topological polar surface area (TPSA) is 217 Å². The van der Waals surface area contributed by atoms with Crippen LogP contribution >= 0.6 is 23.5 Å². The fraction of sp³-hybridized carbons (Fsp3) is 0.490. The Balaban J connectivity index is 1.51. The van der Waals surface area contributed by atoms with Gasteiger partial charge in [-0.2, -0.15) is 13.2 Å². The fourth-order valence-electron chi connectivity index (χ4n) is 8.70. The molecule has 8 unspecified atom stereocenters. The summed E-state index contributed by atoms with van der Waals surface area (Å²) in [4.78, 5) is 61.4. The van der Waals surface area contributed by atoms with Gasteiger partial charge in [0.05, 0.1) is 54.8 Å². The first kappa shape index (κ1) is 54.3. The number of pyridine rings is 1. The Morgan fingerprint density at radius 1 is 1.13 bits per heavy atom. The van der Waals surface area contributed by atoms with Gasteiger partial charge < -0.3 is 48.9 Å². The number of alkyl carbamates (subject to hydrolysis) is 1. The highest BCUT2D eigenvalue weighted by atomic mass is 32.2. The van der Waals surface area contributed by atoms with E-state index in [4.69, 9.17) is 28.4 Å². The van der Waals surface area contributed by atoms with Crippen LogP contribution in [0.2, 0.25) is 0 Å². The molecule has 10 atom stereocenters. The van der Waals surface area contributed by atoms with Crippen LogP contribution in [0.1, 0.15) is 63.5 Å². The van der Waals surface area contributed by atoms with Gasteiger partial charge >= 0.3 is 12.3 Å². The zero-order valence-corrected chi connectivity index (χ0v) is 41.2. The second kappa shape index (κ2) is 23.5. The van der Waals surface area contributed by atoms with Crippen molar-refractivity contribution in [1.29, 1.82) is 0 Å². The standard InChI is InChI=1S/C49H55F3N4O12S2/c1-9-10-11-12-13-14-36(39-30(18-20-70-27(5)57)34(58)22-35(59)41(39)56-47(62)64-7)67-46-43(68-38-23-37(63-6)33(24-65-38)54-25(2)3)45(61)48(69-8,26(4)66-46)44(60)42-40-29(17-19-53-42)31-21-28(49(50,51)52)15-16-32(31)55-40/h11-12,15-19,21,25-26,33-34,36-38,43,45-46,54-55,58,61H,20,22-24H2,1-8H3,(H,56,62)/b12-11-,30-18-/t26?,33?,34-,36-,37?,38?,43?,45?,46?,48?/m0/s1. The number of aliphatic hydroxyl groups excluding tert-OH is 2. The summed E-state index contributed by atoms with van der Waals surface area (Å²) < 4.78 is 76.5. The summed E-state index contributed by atoms with van der Waals surface area (Å²) in [6.45, 7) is 8.52. The van der Waals surface area contributed by atoms with Crippen LogP contribution < -0.4 is 10.6 Å². The lowest BCUT2D eigenvalue weighted by Gasteiger charge is -2.51. The van der Waals surface area contributed by atoms with Crippen molar-refractivity contribution in [3.05, 3.63) is 76.8 Å². The molecule has 70 heavy (non-hydrogen) atoms. The Kier molecular flexibility index (Phi) is 18.2. The number of ketones is 2. The average Bonchev–Trinajstić information content (AvgIpc) is 3.69. The fourth-order valence-corrected chi connectivity index (χ4v) is 10.2. The number of carbonyl (C=O) groups is 4. The van der Waals surface area contributed by atoms with E-state index in [0.29, 0.717) is 5.52 Å². The third-order valence-corrected chi connectivity index (χ3v) is 14.1. The highest BCUT2D eigenvalue weighted by molar-refractivity contribution is 8.13. The quantitative estimate of drug-likeness (QED) is 0.0959. The van der Waals surface area contributed by atoms with Crippen LogP contribution in [0.15, 0.2) is 65.5 Å². The van der Waals surface area contributed by atoms with Crippen molar-refractivity contribution in [3.8, 4) is 23.7 Å². The Morgan fingerprint density at radius 2 is 1.87 bits per heavy atom. The number of Topliss-reactive ketones (excluding diaryl/α,β-unsaturated/α-hetero) is 2. The van der Waals surface area contributed by atoms with E-state index in [1.54, 1.807) is 13.2 Å². The molecule has 6 rings (SSSR count). The summed E-state index contributed by atoms with van der Waals surface area (Å²) in [5.41, 5.74) is -1.07. The molecule has 5 N–H and O–H groups in total. The second-order valence-corrected chi connectivity index (χ2v) is 19.0. The van der Waals surface area contributed by atoms with Crippen LogP contribution in [0, 0.1) is 23.7 Å². The maximum absolute atomic E-state index is 15.3. The van der Waals surface area contributed by atoms with Gasteiger partial charge in [0.25, 0.3) is 0 Å². The third-order valence-electron chi connectivity index (χ3n) is 12.0.